The van der Waals surface area contributed by atoms with E-state index in [0.717, 1.165) is 24.0 Å². The fourth-order valence-electron chi connectivity index (χ4n) is 3.15. The van der Waals surface area contributed by atoms with Gasteiger partial charge in [-0.3, -0.25) is 4.99 Å². The molecule has 1 aliphatic carbocycles. The highest BCUT2D eigenvalue weighted by Crippen LogP contribution is 2.37. The van der Waals surface area contributed by atoms with E-state index in [4.69, 9.17) is 11.4 Å². The number of hydrogen-bond donors (Lipinski definition) is 0. The van der Waals surface area contributed by atoms with Crippen LogP contribution in [0.5, 0.6) is 0 Å². The van der Waals surface area contributed by atoms with E-state index < -0.39 is 0 Å². The second kappa shape index (κ2) is 8.77. The lowest BCUT2D eigenvalue weighted by molar-refractivity contribution is 0.283. The molecule has 2 heterocycles. The first-order chi connectivity index (χ1) is 12.2. The molecule has 0 aromatic carbocycles. The summed E-state index contributed by atoms with van der Waals surface area (Å²) in [4.78, 5) is 12.3. The first kappa shape index (κ1) is 18.3. The highest BCUT2D eigenvalue weighted by atomic mass is 32.2. The van der Waals surface area contributed by atoms with Gasteiger partial charge in [0.1, 0.15) is 11.7 Å². The van der Waals surface area contributed by atoms with Crippen molar-refractivity contribution in [2.45, 2.75) is 37.5 Å². The van der Waals surface area contributed by atoms with Gasteiger partial charge in [-0.25, -0.2) is 4.99 Å². The van der Waals surface area contributed by atoms with Gasteiger partial charge in [-0.15, -0.1) is 6.42 Å². The molecule has 0 aromatic heterocycles. The van der Waals surface area contributed by atoms with Crippen molar-refractivity contribution in [3.8, 4) is 12.3 Å². The van der Waals surface area contributed by atoms with Gasteiger partial charge in [0.05, 0.1) is 28.5 Å². The van der Waals surface area contributed by atoms with Crippen LogP contribution in [0.2, 0.25) is 0 Å². The van der Waals surface area contributed by atoms with Crippen molar-refractivity contribution in [2.75, 3.05) is 13.1 Å². The number of likely N-dealkylation sites (tertiary alicyclic amines) is 1. The zero-order valence-corrected chi connectivity index (χ0v) is 15.9. The van der Waals surface area contributed by atoms with E-state index in [9.17, 15) is 3.89 Å². The summed E-state index contributed by atoms with van der Waals surface area (Å²) < 4.78 is 12.8. The van der Waals surface area contributed by atoms with Gasteiger partial charge in [-0.05, 0) is 44.4 Å². The van der Waals surface area contributed by atoms with Crippen molar-refractivity contribution < 1.29 is 3.89 Å². The third-order valence-corrected chi connectivity index (χ3v) is 6.24. The first-order valence-corrected chi connectivity index (χ1v) is 10.2. The van der Waals surface area contributed by atoms with Crippen LogP contribution >= 0.6 is 23.9 Å². The maximum Gasteiger partial charge on any atom is 0.123 e. The molecule has 132 valence electrons. The Morgan fingerprint density at radius 3 is 3.00 bits per heavy atom. The third-order valence-electron chi connectivity index (χ3n) is 4.48. The number of nitrogens with zero attached hydrogens (tertiary/aromatic N) is 3. The lowest BCUT2D eigenvalue weighted by Gasteiger charge is -2.28. The molecule has 0 bridgehead atoms. The molecule has 25 heavy (non-hydrogen) atoms. The van der Waals surface area contributed by atoms with E-state index >= 15 is 0 Å². The Kier molecular flexibility index (Phi) is 6.44. The quantitative estimate of drug-likeness (QED) is 0.519. The number of rotatable bonds is 5. The maximum atomic E-state index is 12.8. The van der Waals surface area contributed by atoms with Gasteiger partial charge in [0.2, 0.25) is 0 Å². The molecule has 0 spiro atoms. The summed E-state index contributed by atoms with van der Waals surface area (Å²) in [6, 6.07) is -0.0317. The highest BCUT2D eigenvalue weighted by molar-refractivity contribution is 8.15. The highest BCUT2D eigenvalue weighted by Gasteiger charge is 2.32. The molecule has 2 aliphatic heterocycles. The zero-order chi connectivity index (χ0) is 17.6. The predicted molar refractivity (Wildman–Crippen MR) is 109 cm³/mol. The molecule has 0 radical (unpaired) electrons. The SMILES string of the molecule is C#CC(/C=N\C(=C/C)N1CCCCC1)C1=NC2C=C(SF)C=CC2S1. The van der Waals surface area contributed by atoms with Crippen LogP contribution in [0.15, 0.2) is 45.0 Å². The van der Waals surface area contributed by atoms with Crippen molar-refractivity contribution in [3.05, 3.63) is 35.0 Å². The third kappa shape index (κ3) is 4.39. The van der Waals surface area contributed by atoms with Crippen molar-refractivity contribution >= 4 is 35.2 Å². The lowest BCUT2D eigenvalue weighted by atomic mass is 10.1. The van der Waals surface area contributed by atoms with Gasteiger partial charge >= 0.3 is 0 Å². The van der Waals surface area contributed by atoms with Crippen LogP contribution in [0.4, 0.5) is 3.89 Å². The number of piperidine rings is 1. The zero-order valence-electron chi connectivity index (χ0n) is 14.3. The minimum Gasteiger partial charge on any atom is -0.357 e. The molecule has 0 N–H and O–H groups in total. The summed E-state index contributed by atoms with van der Waals surface area (Å²) >= 11 is 1.91. The van der Waals surface area contributed by atoms with Crippen molar-refractivity contribution in [3.63, 3.8) is 0 Å². The molecular formula is C19H22FN3S2. The van der Waals surface area contributed by atoms with E-state index in [1.165, 1.54) is 19.3 Å². The molecule has 6 heteroatoms. The fraction of sp³-hybridized carbons (Fsp3) is 0.474. The Bertz CT molecular complexity index is 681. The molecule has 3 nitrogen and oxygen atoms in total. The van der Waals surface area contributed by atoms with Crippen molar-refractivity contribution in [1.29, 1.82) is 0 Å². The van der Waals surface area contributed by atoms with E-state index in [2.05, 4.69) is 15.8 Å². The number of terminal acetylenes is 1. The van der Waals surface area contributed by atoms with Crippen LogP contribution in [0, 0.1) is 18.3 Å². The molecule has 3 unspecified atom stereocenters. The van der Waals surface area contributed by atoms with Gasteiger partial charge in [0.15, 0.2) is 0 Å². The van der Waals surface area contributed by atoms with Gasteiger partial charge in [0, 0.05) is 24.2 Å². The Morgan fingerprint density at radius 1 is 1.52 bits per heavy atom. The minimum atomic E-state index is -0.237. The van der Waals surface area contributed by atoms with E-state index in [1.54, 1.807) is 11.8 Å². The first-order valence-electron chi connectivity index (χ1n) is 8.59. The van der Waals surface area contributed by atoms with Crippen LogP contribution in [-0.2, 0) is 0 Å². The average Bonchev–Trinajstić information content (AvgIpc) is 3.08. The number of thioether (sulfide) groups is 1. The van der Waals surface area contributed by atoms with Crippen molar-refractivity contribution in [1.82, 2.24) is 4.90 Å². The number of halogens is 1. The maximum absolute atomic E-state index is 12.8. The summed E-state index contributed by atoms with van der Waals surface area (Å²) in [5, 5.41) is 1.10. The number of hydrogen-bond acceptors (Lipinski definition) is 5. The number of allylic oxidation sites excluding steroid dienone is 2. The molecule has 0 saturated carbocycles. The Morgan fingerprint density at radius 2 is 2.32 bits per heavy atom. The van der Waals surface area contributed by atoms with Gasteiger partial charge in [-0.2, -0.15) is 3.89 Å². The summed E-state index contributed by atoms with van der Waals surface area (Å²) in [5.74, 6) is 3.54. The molecule has 1 saturated heterocycles. The minimum absolute atomic E-state index is 0.0317. The number of aliphatic imine (C=N–C) groups is 2. The Hall–Kier alpha value is -1.45. The molecular weight excluding hydrogens is 353 g/mol. The smallest absolute Gasteiger partial charge is 0.123 e. The summed E-state index contributed by atoms with van der Waals surface area (Å²) in [5.41, 5.74) is 0. The Labute approximate surface area is 157 Å². The van der Waals surface area contributed by atoms with Crippen LogP contribution in [0.25, 0.3) is 0 Å². The molecule has 0 amide bonds. The molecule has 1 fully saturated rings. The van der Waals surface area contributed by atoms with Crippen molar-refractivity contribution in [2.24, 2.45) is 15.9 Å². The normalized spacial score (nSPS) is 27.7. The fourth-order valence-corrected chi connectivity index (χ4v) is 4.65. The summed E-state index contributed by atoms with van der Waals surface area (Å²) in [6.45, 7) is 4.11. The average molecular weight is 376 g/mol. The molecule has 0 aromatic rings. The summed E-state index contributed by atoms with van der Waals surface area (Å²) in [6.07, 6.45) is 19.0. The van der Waals surface area contributed by atoms with E-state index in [-0.39, 0.29) is 29.4 Å². The van der Waals surface area contributed by atoms with Gasteiger partial charge in [-0.1, -0.05) is 23.8 Å². The summed E-state index contributed by atoms with van der Waals surface area (Å²) in [7, 11) is 0. The monoisotopic (exact) mass is 375 g/mol. The van der Waals surface area contributed by atoms with E-state index in [1.807, 2.05) is 37.4 Å². The predicted octanol–water partition coefficient (Wildman–Crippen LogP) is 4.61. The molecule has 3 rings (SSSR count). The topological polar surface area (TPSA) is 28.0 Å². The van der Waals surface area contributed by atoms with Crippen LogP contribution < -0.4 is 0 Å². The van der Waals surface area contributed by atoms with Crippen LogP contribution in [-0.4, -0.2) is 40.5 Å². The second-order valence-corrected chi connectivity index (χ2v) is 7.99. The molecule has 3 atom stereocenters. The molecule has 3 aliphatic rings. The Balaban J connectivity index is 1.70. The van der Waals surface area contributed by atoms with Gasteiger partial charge < -0.3 is 4.90 Å². The van der Waals surface area contributed by atoms with E-state index in [0.29, 0.717) is 4.91 Å². The van der Waals surface area contributed by atoms with Crippen LogP contribution in [0.3, 0.4) is 0 Å². The largest absolute Gasteiger partial charge is 0.357 e. The standard InChI is InChI=1S/C19H22FN3S2/c1-3-14(13-21-18(4-2)23-10-6-5-7-11-23)19-22-16-12-15(25-20)8-9-17(16)24-19/h1,4,8-9,12-14,16-17H,5-7,10-11H2,2H3/b18-4+,21-13-. The second-order valence-electron chi connectivity index (χ2n) is 6.16. The number of fused-ring (bicyclic) bond motifs is 1. The van der Waals surface area contributed by atoms with Crippen LogP contribution in [0.1, 0.15) is 26.2 Å². The van der Waals surface area contributed by atoms with Gasteiger partial charge in [0.25, 0.3) is 0 Å². The lowest BCUT2D eigenvalue weighted by Crippen LogP contribution is -2.28.